The fraction of sp³-hybridized carbons (Fsp3) is 0.143. The smallest absolute Gasteiger partial charge is 0.343 e. The molecule has 0 aliphatic rings. The van der Waals surface area contributed by atoms with Gasteiger partial charge in [-0.2, -0.15) is 0 Å². The molecule has 0 spiro atoms. The highest BCUT2D eigenvalue weighted by atomic mass is 16.6. The van der Waals surface area contributed by atoms with Gasteiger partial charge in [0.05, 0.1) is 5.69 Å². The minimum Gasteiger partial charge on any atom is -0.477 e. The van der Waals surface area contributed by atoms with Gasteiger partial charge in [0, 0.05) is 18.2 Å². The molecule has 0 saturated carbocycles. The number of nitrogens with zero attached hydrogens (tertiary/aromatic N) is 2. The minimum absolute atomic E-state index is 0.0826. The molecule has 2 N–H and O–H groups in total. The van der Waals surface area contributed by atoms with Crippen LogP contribution in [0.25, 0.3) is 11.4 Å². The number of aromatic nitrogens is 2. The molecule has 0 atom stereocenters. The number of carboxylic acids is 1. The Bertz CT molecular complexity index is 723. The van der Waals surface area contributed by atoms with E-state index in [4.69, 9.17) is 5.11 Å². The van der Waals surface area contributed by atoms with Crippen molar-refractivity contribution in [1.82, 2.24) is 9.97 Å². The molecular formula is C14H13N3O4. The van der Waals surface area contributed by atoms with E-state index in [-0.39, 0.29) is 12.1 Å². The van der Waals surface area contributed by atoms with E-state index in [1.165, 1.54) is 13.3 Å². The zero-order chi connectivity index (χ0) is 15.2. The molecule has 108 valence electrons. The molecule has 1 aromatic carbocycles. The summed E-state index contributed by atoms with van der Waals surface area (Å²) >= 11 is 0. The zero-order valence-electron chi connectivity index (χ0n) is 11.2. The number of benzene rings is 1. The van der Waals surface area contributed by atoms with Crippen LogP contribution < -0.4 is 5.56 Å². The summed E-state index contributed by atoms with van der Waals surface area (Å²) in [6.45, 7) is 0. The van der Waals surface area contributed by atoms with Gasteiger partial charge in [0.1, 0.15) is 18.5 Å². The lowest BCUT2D eigenvalue weighted by atomic mass is 10.1. The Morgan fingerprint density at radius 3 is 2.76 bits per heavy atom. The number of carboxylic acid groups (broad SMARTS) is 1. The molecule has 7 nitrogen and oxygen atoms in total. The molecule has 0 amide bonds. The van der Waals surface area contributed by atoms with Gasteiger partial charge in [-0.25, -0.2) is 9.78 Å². The van der Waals surface area contributed by atoms with E-state index in [0.29, 0.717) is 11.4 Å². The second-order valence-electron chi connectivity index (χ2n) is 4.08. The molecule has 0 saturated heterocycles. The third kappa shape index (κ3) is 3.33. The van der Waals surface area contributed by atoms with E-state index in [1.807, 2.05) is 6.07 Å². The van der Waals surface area contributed by atoms with Crippen molar-refractivity contribution in [1.29, 1.82) is 0 Å². The molecule has 21 heavy (non-hydrogen) atoms. The summed E-state index contributed by atoms with van der Waals surface area (Å²) < 4.78 is 0. The maximum absolute atomic E-state index is 12.0. The van der Waals surface area contributed by atoms with Gasteiger partial charge in [-0.3, -0.25) is 4.79 Å². The zero-order valence-corrected chi connectivity index (χ0v) is 11.2. The van der Waals surface area contributed by atoms with Crippen LogP contribution in [-0.2, 0) is 11.3 Å². The van der Waals surface area contributed by atoms with E-state index < -0.39 is 17.1 Å². The average Bonchev–Trinajstić information content (AvgIpc) is 2.47. The van der Waals surface area contributed by atoms with Gasteiger partial charge in [-0.15, -0.1) is 0 Å². The molecule has 0 bridgehead atoms. The number of hydrogen-bond donors (Lipinski definition) is 2. The first-order chi connectivity index (χ1) is 10.1. The standard InChI is InChI=1S/C14H13N3O4/c1-21-15-8-7-10-11(14(19)20)13(18)17-12(16-10)9-5-3-2-4-6-9/h2-6,8H,7H2,1H3,(H,19,20)(H,16,17,18). The quantitative estimate of drug-likeness (QED) is 0.637. The summed E-state index contributed by atoms with van der Waals surface area (Å²) in [4.78, 5) is 34.4. The topological polar surface area (TPSA) is 105 Å². The first kappa shape index (κ1) is 14.4. The number of oxime groups is 1. The summed E-state index contributed by atoms with van der Waals surface area (Å²) in [6.07, 6.45) is 1.43. The van der Waals surface area contributed by atoms with Crippen molar-refractivity contribution in [3.8, 4) is 11.4 Å². The summed E-state index contributed by atoms with van der Waals surface area (Å²) in [5.41, 5.74) is -0.267. The number of carbonyl (C=O) groups is 1. The van der Waals surface area contributed by atoms with Crippen LogP contribution in [0.3, 0.4) is 0 Å². The van der Waals surface area contributed by atoms with Gasteiger partial charge < -0.3 is 14.9 Å². The largest absolute Gasteiger partial charge is 0.477 e. The maximum atomic E-state index is 12.0. The van der Waals surface area contributed by atoms with Gasteiger partial charge in [-0.1, -0.05) is 35.5 Å². The van der Waals surface area contributed by atoms with Crippen molar-refractivity contribution in [3.05, 3.63) is 51.9 Å². The summed E-state index contributed by atoms with van der Waals surface area (Å²) in [6, 6.07) is 8.97. The fourth-order valence-electron chi connectivity index (χ4n) is 1.82. The second-order valence-corrected chi connectivity index (χ2v) is 4.08. The van der Waals surface area contributed by atoms with Crippen LogP contribution >= 0.6 is 0 Å². The summed E-state index contributed by atoms with van der Waals surface area (Å²) in [5.74, 6) is -1.02. The molecule has 0 radical (unpaired) electrons. The molecule has 0 aliphatic heterocycles. The Labute approximate surface area is 119 Å². The molecule has 2 aromatic rings. The third-order valence-corrected chi connectivity index (χ3v) is 2.72. The lowest BCUT2D eigenvalue weighted by molar-refractivity contribution is 0.0693. The molecule has 0 fully saturated rings. The van der Waals surface area contributed by atoms with Crippen LogP contribution in [-0.4, -0.2) is 34.4 Å². The van der Waals surface area contributed by atoms with Crippen molar-refractivity contribution in [3.63, 3.8) is 0 Å². The van der Waals surface area contributed by atoms with Crippen molar-refractivity contribution in [2.24, 2.45) is 5.16 Å². The molecular weight excluding hydrogens is 274 g/mol. The lowest BCUT2D eigenvalue weighted by Crippen LogP contribution is -2.23. The van der Waals surface area contributed by atoms with E-state index in [0.717, 1.165) is 0 Å². The molecule has 1 aromatic heterocycles. The molecule has 7 heteroatoms. The Hall–Kier alpha value is -2.96. The van der Waals surface area contributed by atoms with Crippen molar-refractivity contribution in [2.75, 3.05) is 7.11 Å². The van der Waals surface area contributed by atoms with E-state index >= 15 is 0 Å². The highest BCUT2D eigenvalue weighted by molar-refractivity contribution is 5.89. The SMILES string of the molecule is CON=CCc1nc(-c2ccccc2)[nH]c(=O)c1C(=O)O. The highest BCUT2D eigenvalue weighted by Crippen LogP contribution is 2.14. The van der Waals surface area contributed by atoms with Crippen molar-refractivity contribution >= 4 is 12.2 Å². The minimum atomic E-state index is -1.33. The van der Waals surface area contributed by atoms with Crippen LogP contribution in [0.2, 0.25) is 0 Å². The van der Waals surface area contributed by atoms with Gasteiger partial charge >= 0.3 is 5.97 Å². The number of rotatable bonds is 5. The van der Waals surface area contributed by atoms with Crippen LogP contribution in [0.1, 0.15) is 16.1 Å². The van der Waals surface area contributed by atoms with Gasteiger partial charge in [0.25, 0.3) is 5.56 Å². The van der Waals surface area contributed by atoms with Crippen LogP contribution in [0.15, 0.2) is 40.3 Å². The Balaban J connectivity index is 2.54. The van der Waals surface area contributed by atoms with Gasteiger partial charge in [-0.05, 0) is 0 Å². The van der Waals surface area contributed by atoms with Crippen molar-refractivity contribution in [2.45, 2.75) is 6.42 Å². The fourth-order valence-corrected chi connectivity index (χ4v) is 1.82. The number of nitrogens with one attached hydrogen (secondary N) is 1. The summed E-state index contributed by atoms with van der Waals surface area (Å²) in [7, 11) is 1.37. The molecule has 1 heterocycles. The average molecular weight is 287 g/mol. The normalized spacial score (nSPS) is 10.7. The molecule has 2 rings (SSSR count). The van der Waals surface area contributed by atoms with Crippen LogP contribution in [0.4, 0.5) is 0 Å². The number of aromatic carboxylic acids is 1. The second kappa shape index (κ2) is 6.47. The maximum Gasteiger partial charge on any atom is 0.343 e. The number of H-pyrrole nitrogens is 1. The van der Waals surface area contributed by atoms with E-state index in [1.54, 1.807) is 24.3 Å². The van der Waals surface area contributed by atoms with Gasteiger partial charge in [0.2, 0.25) is 0 Å². The predicted octanol–water partition coefficient (Wildman–Crippen LogP) is 1.31. The Kier molecular flexibility index (Phi) is 4.45. The number of hydrogen-bond acceptors (Lipinski definition) is 5. The Morgan fingerprint density at radius 2 is 2.14 bits per heavy atom. The number of aromatic amines is 1. The highest BCUT2D eigenvalue weighted by Gasteiger charge is 2.18. The summed E-state index contributed by atoms with van der Waals surface area (Å²) in [5, 5.41) is 12.7. The van der Waals surface area contributed by atoms with Gasteiger partial charge in [0.15, 0.2) is 0 Å². The third-order valence-electron chi connectivity index (χ3n) is 2.72. The molecule has 0 unspecified atom stereocenters. The van der Waals surface area contributed by atoms with E-state index in [2.05, 4.69) is 20.0 Å². The van der Waals surface area contributed by atoms with Crippen LogP contribution in [0.5, 0.6) is 0 Å². The monoisotopic (exact) mass is 287 g/mol. The lowest BCUT2D eigenvalue weighted by Gasteiger charge is -2.06. The van der Waals surface area contributed by atoms with Crippen LogP contribution in [0, 0.1) is 0 Å². The Morgan fingerprint density at radius 1 is 1.43 bits per heavy atom. The van der Waals surface area contributed by atoms with E-state index in [9.17, 15) is 9.59 Å². The molecule has 0 aliphatic carbocycles. The van der Waals surface area contributed by atoms with Crippen molar-refractivity contribution < 1.29 is 14.7 Å². The first-order valence-corrected chi connectivity index (χ1v) is 6.10. The predicted molar refractivity (Wildman–Crippen MR) is 76.5 cm³/mol. The first-order valence-electron chi connectivity index (χ1n) is 6.10.